The number of alkyl halides is 2. The summed E-state index contributed by atoms with van der Waals surface area (Å²) in [6.45, 7) is 0. The molecule has 0 bridgehead atoms. The van der Waals surface area contributed by atoms with Crippen molar-refractivity contribution in [2.24, 2.45) is 0 Å². The fourth-order valence-electron chi connectivity index (χ4n) is 1.85. The highest BCUT2D eigenvalue weighted by atomic mass is 35.5. The van der Waals surface area contributed by atoms with Gasteiger partial charge in [-0.2, -0.15) is 8.78 Å². The molecule has 2 rings (SSSR count). The smallest absolute Gasteiger partial charge is 0.352 e. The van der Waals surface area contributed by atoms with Crippen molar-refractivity contribution in [2.45, 2.75) is 30.8 Å². The molecule has 0 atom stereocenters. The SMILES string of the molecule is O=C(Nc1cc(Cl)ccc1O)C(F)(F)C1(O)CCC1. The Morgan fingerprint density at radius 1 is 1.42 bits per heavy atom. The van der Waals surface area contributed by atoms with E-state index in [2.05, 4.69) is 0 Å². The molecular weight excluding hydrogens is 280 g/mol. The van der Waals surface area contributed by atoms with E-state index in [0.29, 0.717) is 6.42 Å². The lowest BCUT2D eigenvalue weighted by molar-refractivity contribution is -0.212. The van der Waals surface area contributed by atoms with Crippen LogP contribution in [0.4, 0.5) is 14.5 Å². The van der Waals surface area contributed by atoms with Crippen molar-refractivity contribution in [1.29, 1.82) is 0 Å². The Morgan fingerprint density at radius 3 is 2.58 bits per heavy atom. The zero-order valence-corrected chi connectivity index (χ0v) is 10.5. The van der Waals surface area contributed by atoms with Crippen molar-refractivity contribution in [1.82, 2.24) is 0 Å². The Bertz CT molecular complexity index is 518. The maximum atomic E-state index is 13.8. The molecule has 0 heterocycles. The number of benzene rings is 1. The number of aliphatic hydroxyl groups is 1. The highest BCUT2D eigenvalue weighted by molar-refractivity contribution is 6.31. The molecule has 1 aliphatic carbocycles. The van der Waals surface area contributed by atoms with Crippen molar-refractivity contribution in [3.63, 3.8) is 0 Å². The summed E-state index contributed by atoms with van der Waals surface area (Å²) in [4.78, 5) is 11.6. The van der Waals surface area contributed by atoms with Gasteiger partial charge in [-0.15, -0.1) is 0 Å². The maximum absolute atomic E-state index is 13.8. The average molecular weight is 292 g/mol. The lowest BCUT2D eigenvalue weighted by atomic mass is 9.75. The highest BCUT2D eigenvalue weighted by Crippen LogP contribution is 2.45. The topological polar surface area (TPSA) is 69.6 Å². The standard InChI is InChI=1S/C12H12ClF2NO3/c13-7-2-3-9(17)8(6-7)16-10(18)12(14,15)11(19)4-1-5-11/h2-3,6,17,19H,1,4-5H2,(H,16,18). The highest BCUT2D eigenvalue weighted by Gasteiger charge is 2.61. The summed E-state index contributed by atoms with van der Waals surface area (Å²) in [5.41, 5.74) is -2.52. The van der Waals surface area contributed by atoms with Gasteiger partial charge in [-0.3, -0.25) is 4.79 Å². The Hall–Kier alpha value is -1.40. The van der Waals surface area contributed by atoms with E-state index in [1.54, 1.807) is 0 Å². The fourth-order valence-corrected chi connectivity index (χ4v) is 2.02. The summed E-state index contributed by atoms with van der Waals surface area (Å²) >= 11 is 5.64. The number of phenols is 1. The minimum absolute atomic E-state index is 0.130. The molecule has 1 aliphatic rings. The van der Waals surface area contributed by atoms with Gasteiger partial charge in [0.2, 0.25) is 0 Å². The van der Waals surface area contributed by atoms with E-state index in [1.165, 1.54) is 12.1 Å². The second-order valence-electron chi connectivity index (χ2n) is 4.58. The van der Waals surface area contributed by atoms with Crippen molar-refractivity contribution >= 4 is 23.2 Å². The lowest BCUT2D eigenvalue weighted by Gasteiger charge is -2.41. The zero-order valence-electron chi connectivity index (χ0n) is 9.79. The van der Waals surface area contributed by atoms with E-state index >= 15 is 0 Å². The van der Waals surface area contributed by atoms with Crippen molar-refractivity contribution in [3.05, 3.63) is 23.2 Å². The molecule has 0 aliphatic heterocycles. The number of anilines is 1. The van der Waals surface area contributed by atoms with Gasteiger partial charge in [0.25, 0.3) is 5.91 Å². The summed E-state index contributed by atoms with van der Waals surface area (Å²) in [7, 11) is 0. The number of hydrogen-bond acceptors (Lipinski definition) is 3. The molecular formula is C12H12ClF2NO3. The molecule has 4 nitrogen and oxygen atoms in total. The van der Waals surface area contributed by atoms with E-state index in [0.717, 1.165) is 6.07 Å². The van der Waals surface area contributed by atoms with Gasteiger partial charge in [-0.25, -0.2) is 0 Å². The van der Waals surface area contributed by atoms with Crippen LogP contribution in [0.25, 0.3) is 0 Å². The molecule has 7 heteroatoms. The summed E-state index contributed by atoms with van der Waals surface area (Å²) in [5, 5.41) is 21.1. The number of amides is 1. The molecule has 0 radical (unpaired) electrons. The van der Waals surface area contributed by atoms with Crippen LogP contribution in [0.5, 0.6) is 5.75 Å². The molecule has 0 spiro atoms. The first-order valence-electron chi connectivity index (χ1n) is 5.66. The Labute approximate surface area is 113 Å². The van der Waals surface area contributed by atoms with E-state index < -0.39 is 17.4 Å². The van der Waals surface area contributed by atoms with Crippen molar-refractivity contribution in [2.75, 3.05) is 5.32 Å². The van der Waals surface area contributed by atoms with Crippen LogP contribution >= 0.6 is 11.6 Å². The average Bonchev–Trinajstić information content (AvgIpc) is 2.30. The van der Waals surface area contributed by atoms with Gasteiger partial charge in [0.05, 0.1) is 5.69 Å². The summed E-state index contributed by atoms with van der Waals surface area (Å²) in [6.07, 6.45) is 0.186. The van der Waals surface area contributed by atoms with Crippen LogP contribution in [0.3, 0.4) is 0 Å². The maximum Gasteiger partial charge on any atom is 0.352 e. The molecule has 104 valence electrons. The van der Waals surface area contributed by atoms with E-state index in [9.17, 15) is 23.8 Å². The molecule has 0 aromatic heterocycles. The van der Waals surface area contributed by atoms with Gasteiger partial charge in [0.1, 0.15) is 11.4 Å². The number of hydrogen-bond donors (Lipinski definition) is 3. The van der Waals surface area contributed by atoms with Gasteiger partial charge in [0, 0.05) is 5.02 Å². The summed E-state index contributed by atoms with van der Waals surface area (Å²) in [6, 6.07) is 3.67. The van der Waals surface area contributed by atoms with Gasteiger partial charge >= 0.3 is 5.92 Å². The van der Waals surface area contributed by atoms with Crippen LogP contribution in [0.15, 0.2) is 18.2 Å². The van der Waals surface area contributed by atoms with Gasteiger partial charge in [0.15, 0.2) is 0 Å². The molecule has 0 saturated heterocycles. The molecule has 1 fully saturated rings. The molecule has 3 N–H and O–H groups in total. The Kier molecular flexibility index (Phi) is 3.40. The molecule has 1 saturated carbocycles. The van der Waals surface area contributed by atoms with Gasteiger partial charge in [-0.1, -0.05) is 11.6 Å². The van der Waals surface area contributed by atoms with E-state index in [1.807, 2.05) is 5.32 Å². The number of phenolic OH excluding ortho intramolecular Hbond substituents is 1. The molecule has 1 aromatic carbocycles. The number of nitrogens with one attached hydrogen (secondary N) is 1. The minimum atomic E-state index is -3.92. The van der Waals surface area contributed by atoms with E-state index in [-0.39, 0.29) is 29.3 Å². The Morgan fingerprint density at radius 2 is 2.05 bits per heavy atom. The molecule has 1 aromatic rings. The second kappa shape index (κ2) is 4.61. The second-order valence-corrected chi connectivity index (χ2v) is 5.01. The number of halogens is 3. The predicted molar refractivity (Wildman–Crippen MR) is 65.5 cm³/mol. The van der Waals surface area contributed by atoms with Gasteiger partial charge < -0.3 is 15.5 Å². The molecule has 19 heavy (non-hydrogen) atoms. The lowest BCUT2D eigenvalue weighted by Crippen LogP contribution is -2.59. The van der Waals surface area contributed by atoms with Crippen LogP contribution in [-0.4, -0.2) is 27.6 Å². The number of rotatable bonds is 3. The van der Waals surface area contributed by atoms with Crippen LogP contribution in [-0.2, 0) is 4.79 Å². The normalized spacial score (nSPS) is 17.7. The first-order chi connectivity index (χ1) is 8.76. The summed E-state index contributed by atoms with van der Waals surface area (Å²) < 4.78 is 27.6. The van der Waals surface area contributed by atoms with Crippen molar-refractivity contribution < 1.29 is 23.8 Å². The Balaban J connectivity index is 2.19. The largest absolute Gasteiger partial charge is 0.506 e. The van der Waals surface area contributed by atoms with Crippen LogP contribution in [0, 0.1) is 0 Å². The minimum Gasteiger partial charge on any atom is -0.506 e. The number of carbonyl (C=O) groups excluding carboxylic acids is 1. The fraction of sp³-hybridized carbons (Fsp3) is 0.417. The predicted octanol–water partition coefficient (Wildman–Crippen LogP) is 2.53. The number of carbonyl (C=O) groups is 1. The monoisotopic (exact) mass is 291 g/mol. The quantitative estimate of drug-likeness (QED) is 0.750. The first kappa shape index (κ1) is 14.0. The number of aromatic hydroxyl groups is 1. The third-order valence-electron chi connectivity index (χ3n) is 3.26. The zero-order chi connectivity index (χ0) is 14.3. The first-order valence-corrected chi connectivity index (χ1v) is 6.04. The summed E-state index contributed by atoms with van der Waals surface area (Å²) in [5.74, 6) is -5.96. The third kappa shape index (κ3) is 2.37. The van der Waals surface area contributed by atoms with Gasteiger partial charge in [-0.05, 0) is 37.5 Å². The van der Waals surface area contributed by atoms with Crippen LogP contribution in [0.1, 0.15) is 19.3 Å². The molecule has 0 unspecified atom stereocenters. The van der Waals surface area contributed by atoms with Crippen LogP contribution < -0.4 is 5.32 Å². The molecule has 1 amide bonds. The van der Waals surface area contributed by atoms with Crippen LogP contribution in [0.2, 0.25) is 5.02 Å². The van der Waals surface area contributed by atoms with Crippen molar-refractivity contribution in [3.8, 4) is 5.75 Å². The van der Waals surface area contributed by atoms with E-state index in [4.69, 9.17) is 11.6 Å². The third-order valence-corrected chi connectivity index (χ3v) is 3.49.